The van der Waals surface area contributed by atoms with E-state index in [0.29, 0.717) is 32.8 Å². The number of esters is 1. The summed E-state index contributed by atoms with van der Waals surface area (Å²) in [7, 11) is -2.59. The molecule has 35 heavy (non-hydrogen) atoms. The molecule has 0 saturated heterocycles. The van der Waals surface area contributed by atoms with Gasteiger partial charge in [-0.25, -0.2) is 0 Å². The second-order valence-electron chi connectivity index (χ2n) is 9.71. The van der Waals surface area contributed by atoms with Crippen LogP contribution in [0.2, 0.25) is 6.04 Å². The Kier molecular flexibility index (Phi) is 26.3. The molecule has 0 aromatic carbocycles. The van der Waals surface area contributed by atoms with Gasteiger partial charge >= 0.3 is 14.8 Å². The maximum atomic E-state index is 12.0. The first-order valence-corrected chi connectivity index (χ1v) is 17.1. The summed E-state index contributed by atoms with van der Waals surface area (Å²) in [5.74, 6) is -0.0811. The monoisotopic (exact) mass is 516 g/mol. The van der Waals surface area contributed by atoms with E-state index in [1.165, 1.54) is 89.9 Å². The predicted molar refractivity (Wildman–Crippen MR) is 150 cm³/mol. The van der Waals surface area contributed by atoms with Gasteiger partial charge in [-0.15, -0.1) is 0 Å². The van der Waals surface area contributed by atoms with E-state index in [1.54, 1.807) is 0 Å². The van der Waals surface area contributed by atoms with Crippen LogP contribution < -0.4 is 0 Å². The first-order chi connectivity index (χ1) is 17.1. The van der Waals surface area contributed by atoms with Gasteiger partial charge in [0.25, 0.3) is 0 Å². The molecular weight excluding hydrogens is 456 g/mol. The van der Waals surface area contributed by atoms with Crippen molar-refractivity contribution in [3.05, 3.63) is 0 Å². The van der Waals surface area contributed by atoms with Gasteiger partial charge in [-0.05, 0) is 40.0 Å². The lowest BCUT2D eigenvalue weighted by atomic mass is 10.0. The number of rotatable bonds is 28. The topological polar surface area (TPSA) is 54.0 Å². The van der Waals surface area contributed by atoms with Crippen LogP contribution in [0.25, 0.3) is 0 Å². The molecule has 0 atom stereocenters. The molecule has 0 N–H and O–H groups in total. The Morgan fingerprint density at radius 3 is 1.31 bits per heavy atom. The molecule has 0 aliphatic carbocycles. The molecule has 0 radical (unpaired) electrons. The van der Waals surface area contributed by atoms with Crippen LogP contribution in [0.15, 0.2) is 0 Å². The van der Waals surface area contributed by atoms with Crippen LogP contribution in [-0.2, 0) is 22.8 Å². The number of carbonyl (C=O) groups excluding carboxylic acids is 1. The largest absolute Gasteiger partial charge is 0.500 e. The minimum atomic E-state index is -2.59. The quantitative estimate of drug-likeness (QED) is 0.0590. The van der Waals surface area contributed by atoms with Crippen molar-refractivity contribution in [3.8, 4) is 0 Å². The van der Waals surface area contributed by atoms with Gasteiger partial charge in [0.2, 0.25) is 0 Å². The zero-order valence-corrected chi connectivity index (χ0v) is 25.0. The number of ether oxygens (including phenoxy) is 1. The zero-order valence-electron chi connectivity index (χ0n) is 24.0. The summed E-state index contributed by atoms with van der Waals surface area (Å²) in [5, 5.41) is 0. The lowest BCUT2D eigenvalue weighted by Crippen LogP contribution is -2.45. The van der Waals surface area contributed by atoms with Gasteiger partial charge in [0.1, 0.15) is 0 Å². The summed E-state index contributed by atoms with van der Waals surface area (Å²) >= 11 is 0. The molecule has 0 heterocycles. The first kappa shape index (κ1) is 34.6. The normalized spacial score (nSPS) is 11.8. The minimum absolute atomic E-state index is 0.0811. The van der Waals surface area contributed by atoms with Crippen LogP contribution in [0.1, 0.15) is 150 Å². The smallest absolute Gasteiger partial charge is 0.466 e. The van der Waals surface area contributed by atoms with Crippen LogP contribution >= 0.6 is 0 Å². The van der Waals surface area contributed by atoms with E-state index < -0.39 is 8.80 Å². The summed E-state index contributed by atoms with van der Waals surface area (Å²) < 4.78 is 23.0. The molecule has 5 nitrogen and oxygen atoms in total. The lowest BCUT2D eigenvalue weighted by Gasteiger charge is -2.28. The lowest BCUT2D eigenvalue weighted by molar-refractivity contribution is -0.143. The highest BCUT2D eigenvalue weighted by atomic mass is 28.4. The van der Waals surface area contributed by atoms with E-state index in [-0.39, 0.29) is 5.97 Å². The zero-order chi connectivity index (χ0) is 25.9. The number of carbonyl (C=O) groups is 1. The third kappa shape index (κ3) is 22.5. The van der Waals surface area contributed by atoms with E-state index in [4.69, 9.17) is 18.0 Å². The standard InChI is InChI=1S/C29H60O5Si/c1-5-9-10-11-12-13-14-15-16-17-18-19-20-21-22-24-27-31-29(30)26-23-25-28-35(32-6-2,33-7-3)34-8-4/h5-28H2,1-4H3. The summed E-state index contributed by atoms with van der Waals surface area (Å²) in [6, 6.07) is 0.759. The van der Waals surface area contributed by atoms with Crippen molar-refractivity contribution in [2.45, 2.75) is 156 Å². The molecule has 0 fully saturated rings. The summed E-state index contributed by atoms with van der Waals surface area (Å²) in [6.07, 6.45) is 23.7. The van der Waals surface area contributed by atoms with Crippen LogP contribution in [0, 0.1) is 0 Å². The Labute approximate surface area is 219 Å². The number of hydrogen-bond donors (Lipinski definition) is 0. The second kappa shape index (κ2) is 26.6. The number of hydrogen-bond acceptors (Lipinski definition) is 5. The minimum Gasteiger partial charge on any atom is -0.466 e. The average Bonchev–Trinajstić information content (AvgIpc) is 2.84. The van der Waals surface area contributed by atoms with Gasteiger partial charge in [0, 0.05) is 32.3 Å². The van der Waals surface area contributed by atoms with Crippen molar-refractivity contribution in [3.63, 3.8) is 0 Å². The van der Waals surface area contributed by atoms with E-state index in [1.807, 2.05) is 20.8 Å². The SMILES string of the molecule is CCCCCCCCCCCCCCCCCCOC(=O)CCCC[Si](OCC)(OCC)OCC. The van der Waals surface area contributed by atoms with E-state index >= 15 is 0 Å². The molecule has 0 aromatic rings. The Morgan fingerprint density at radius 2 is 0.914 bits per heavy atom. The molecule has 210 valence electrons. The van der Waals surface area contributed by atoms with Crippen LogP contribution in [0.3, 0.4) is 0 Å². The Hall–Kier alpha value is -0.433. The van der Waals surface area contributed by atoms with Crippen molar-refractivity contribution in [2.24, 2.45) is 0 Å². The predicted octanol–water partition coefficient (Wildman–Crippen LogP) is 9.01. The second-order valence-corrected chi connectivity index (χ2v) is 12.4. The Bertz CT molecular complexity index is 430. The summed E-state index contributed by atoms with van der Waals surface area (Å²) in [6.45, 7) is 10.5. The Balaban J connectivity index is 3.48. The van der Waals surface area contributed by atoms with Gasteiger partial charge in [0.15, 0.2) is 0 Å². The molecule has 0 unspecified atom stereocenters. The fourth-order valence-electron chi connectivity index (χ4n) is 4.52. The van der Waals surface area contributed by atoms with E-state index in [2.05, 4.69) is 6.92 Å². The van der Waals surface area contributed by atoms with Crippen molar-refractivity contribution >= 4 is 14.8 Å². The summed E-state index contributed by atoms with van der Waals surface area (Å²) in [4.78, 5) is 12.0. The molecule has 0 aliphatic rings. The molecule has 0 saturated carbocycles. The van der Waals surface area contributed by atoms with E-state index in [0.717, 1.165) is 31.7 Å². The Morgan fingerprint density at radius 1 is 0.514 bits per heavy atom. The molecule has 0 aromatic heterocycles. The van der Waals surface area contributed by atoms with Crippen molar-refractivity contribution in [1.82, 2.24) is 0 Å². The van der Waals surface area contributed by atoms with Crippen LogP contribution in [-0.4, -0.2) is 41.2 Å². The fraction of sp³-hybridized carbons (Fsp3) is 0.966. The van der Waals surface area contributed by atoms with Gasteiger partial charge in [-0.3, -0.25) is 4.79 Å². The van der Waals surface area contributed by atoms with Crippen molar-refractivity contribution in [1.29, 1.82) is 0 Å². The summed E-state index contributed by atoms with van der Waals surface area (Å²) in [5.41, 5.74) is 0. The molecule has 0 spiro atoms. The van der Waals surface area contributed by atoms with Gasteiger partial charge in [-0.1, -0.05) is 103 Å². The van der Waals surface area contributed by atoms with Crippen molar-refractivity contribution < 1.29 is 22.8 Å². The molecular formula is C29H60O5Si. The molecule has 6 heteroatoms. The average molecular weight is 517 g/mol. The van der Waals surface area contributed by atoms with Gasteiger partial charge in [0.05, 0.1) is 6.61 Å². The number of unbranched alkanes of at least 4 members (excludes halogenated alkanes) is 16. The van der Waals surface area contributed by atoms with Gasteiger partial charge < -0.3 is 18.0 Å². The highest BCUT2D eigenvalue weighted by Gasteiger charge is 2.39. The third-order valence-electron chi connectivity index (χ3n) is 6.47. The highest BCUT2D eigenvalue weighted by molar-refractivity contribution is 6.60. The first-order valence-electron chi connectivity index (χ1n) is 15.2. The molecule has 0 aliphatic heterocycles. The van der Waals surface area contributed by atoms with E-state index in [9.17, 15) is 4.79 Å². The van der Waals surface area contributed by atoms with Crippen LogP contribution in [0.5, 0.6) is 0 Å². The third-order valence-corrected chi connectivity index (χ3v) is 9.62. The molecule has 0 rings (SSSR count). The maximum Gasteiger partial charge on any atom is 0.500 e. The van der Waals surface area contributed by atoms with Crippen LogP contribution in [0.4, 0.5) is 0 Å². The fourth-order valence-corrected chi connectivity index (χ4v) is 7.21. The molecule has 0 bridgehead atoms. The molecule has 0 amide bonds. The van der Waals surface area contributed by atoms with Crippen molar-refractivity contribution in [2.75, 3.05) is 26.4 Å². The maximum absolute atomic E-state index is 12.0. The highest BCUT2D eigenvalue weighted by Crippen LogP contribution is 2.20. The van der Waals surface area contributed by atoms with Gasteiger partial charge in [-0.2, -0.15) is 0 Å².